The Morgan fingerprint density at radius 2 is 1.86 bits per heavy atom. The van der Waals surface area contributed by atoms with Crippen molar-refractivity contribution in [3.8, 4) is 0 Å². The fourth-order valence-corrected chi connectivity index (χ4v) is 5.81. The van der Waals surface area contributed by atoms with E-state index in [1.807, 2.05) is 24.9 Å². The van der Waals surface area contributed by atoms with E-state index in [9.17, 15) is 9.59 Å². The van der Waals surface area contributed by atoms with Crippen molar-refractivity contribution in [2.24, 2.45) is 5.10 Å². The number of ether oxygens (including phenoxy) is 2. The van der Waals surface area contributed by atoms with Crippen LogP contribution in [0, 0.1) is 0 Å². The molecule has 0 unspecified atom stereocenters. The minimum absolute atomic E-state index is 0.207. The molecule has 0 aliphatic carbocycles. The Bertz CT molecular complexity index is 876. The fourth-order valence-electron chi connectivity index (χ4n) is 2.75. The summed E-state index contributed by atoms with van der Waals surface area (Å²) in [5.74, 6) is -0.905. The van der Waals surface area contributed by atoms with Crippen molar-refractivity contribution >= 4 is 57.8 Å². The van der Waals surface area contributed by atoms with Gasteiger partial charge in [-0.05, 0) is 50.7 Å². The van der Waals surface area contributed by atoms with Crippen molar-refractivity contribution in [1.29, 1.82) is 0 Å². The number of hydrogen-bond acceptors (Lipinski definition) is 9. The molecule has 1 aromatic carbocycles. The van der Waals surface area contributed by atoms with Gasteiger partial charge >= 0.3 is 11.9 Å². The van der Waals surface area contributed by atoms with Crippen molar-refractivity contribution in [3.05, 3.63) is 39.9 Å². The van der Waals surface area contributed by atoms with Gasteiger partial charge in [0.15, 0.2) is 0 Å². The lowest BCUT2D eigenvalue weighted by atomic mass is 10.3. The SMILES string of the molecule is CCOC(=O)C1=NN(c2cccc(Cl)c2)[C@@]2(S1)SC(C(=O)OCC)=C(C)N2C. The third-order valence-electron chi connectivity index (χ3n) is 4.14. The van der Waals surface area contributed by atoms with Crippen molar-refractivity contribution in [2.45, 2.75) is 25.1 Å². The second-order valence-electron chi connectivity index (χ2n) is 5.86. The molecule has 1 aromatic rings. The largest absolute Gasteiger partial charge is 0.462 e. The molecular weight excluding hydrogens is 422 g/mol. The molecule has 0 saturated heterocycles. The number of esters is 2. The molecule has 2 heterocycles. The number of hydrogen-bond donors (Lipinski definition) is 0. The Morgan fingerprint density at radius 1 is 1.18 bits per heavy atom. The summed E-state index contributed by atoms with van der Waals surface area (Å²) in [4.78, 5) is 27.2. The normalized spacial score (nSPS) is 21.4. The molecule has 2 aliphatic heterocycles. The summed E-state index contributed by atoms with van der Waals surface area (Å²) >= 11 is 8.69. The van der Waals surface area contributed by atoms with E-state index in [1.54, 1.807) is 37.1 Å². The van der Waals surface area contributed by atoms with Crippen molar-refractivity contribution < 1.29 is 19.1 Å². The number of carbonyl (C=O) groups excluding carboxylic acids is 2. The van der Waals surface area contributed by atoms with E-state index < -0.39 is 16.3 Å². The minimum Gasteiger partial charge on any atom is -0.462 e. The summed E-state index contributed by atoms with van der Waals surface area (Å²) in [6.45, 7) is 5.87. The lowest BCUT2D eigenvalue weighted by molar-refractivity contribution is -0.137. The fraction of sp³-hybridized carbons (Fsp3) is 0.389. The van der Waals surface area contributed by atoms with Gasteiger partial charge in [-0.3, -0.25) is 0 Å². The van der Waals surface area contributed by atoms with Crippen molar-refractivity contribution in [3.63, 3.8) is 0 Å². The van der Waals surface area contributed by atoms with Gasteiger partial charge in [0.2, 0.25) is 9.37 Å². The molecule has 1 spiro atoms. The van der Waals surface area contributed by atoms with Gasteiger partial charge in [0.05, 0.1) is 18.9 Å². The van der Waals surface area contributed by atoms with E-state index in [2.05, 4.69) is 5.10 Å². The number of benzene rings is 1. The Labute approximate surface area is 177 Å². The molecule has 0 bridgehead atoms. The first kappa shape index (κ1) is 20.9. The van der Waals surface area contributed by atoms with Crippen molar-refractivity contribution in [1.82, 2.24) is 4.90 Å². The average molecular weight is 442 g/mol. The highest BCUT2D eigenvalue weighted by Crippen LogP contribution is 2.58. The van der Waals surface area contributed by atoms with Gasteiger partial charge in [-0.2, -0.15) is 5.10 Å². The van der Waals surface area contributed by atoms with E-state index in [1.165, 1.54) is 23.5 Å². The Balaban J connectivity index is 2.03. The highest BCUT2D eigenvalue weighted by Gasteiger charge is 2.56. The van der Waals surface area contributed by atoms with Crippen LogP contribution in [-0.4, -0.2) is 46.5 Å². The quantitative estimate of drug-likeness (QED) is 0.638. The highest BCUT2D eigenvalue weighted by atomic mass is 35.5. The van der Waals surface area contributed by atoms with Gasteiger partial charge in [-0.1, -0.05) is 29.4 Å². The molecule has 0 aromatic heterocycles. The molecule has 0 radical (unpaired) electrons. The van der Waals surface area contributed by atoms with E-state index in [4.69, 9.17) is 21.1 Å². The predicted molar refractivity (Wildman–Crippen MR) is 113 cm³/mol. The second kappa shape index (κ2) is 8.26. The topological polar surface area (TPSA) is 71.4 Å². The number of anilines is 1. The Morgan fingerprint density at radius 3 is 2.50 bits per heavy atom. The average Bonchev–Trinajstić information content (AvgIpc) is 3.17. The monoisotopic (exact) mass is 441 g/mol. The third-order valence-corrected chi connectivity index (χ3v) is 7.41. The summed E-state index contributed by atoms with van der Waals surface area (Å²) < 4.78 is 9.43. The molecule has 150 valence electrons. The summed E-state index contributed by atoms with van der Waals surface area (Å²) in [6.07, 6.45) is 0. The summed E-state index contributed by atoms with van der Waals surface area (Å²) in [6, 6.07) is 7.17. The molecular formula is C18H20ClN3O4S2. The van der Waals surface area contributed by atoms with Crippen LogP contribution in [0.2, 0.25) is 5.02 Å². The zero-order chi connectivity index (χ0) is 20.5. The molecule has 2 aliphatic rings. The second-order valence-corrected chi connectivity index (χ2v) is 8.90. The van der Waals surface area contributed by atoms with E-state index in [-0.39, 0.29) is 18.3 Å². The van der Waals surface area contributed by atoms with Crippen LogP contribution in [0.3, 0.4) is 0 Å². The first-order valence-electron chi connectivity index (χ1n) is 8.65. The highest BCUT2D eigenvalue weighted by molar-refractivity contribution is 8.28. The number of allylic oxidation sites excluding steroid dienone is 1. The maximum Gasteiger partial charge on any atom is 0.365 e. The van der Waals surface area contributed by atoms with Crippen LogP contribution >= 0.6 is 35.1 Å². The number of nitrogens with zero attached hydrogens (tertiary/aromatic N) is 3. The van der Waals surface area contributed by atoms with Crippen LogP contribution < -0.4 is 5.01 Å². The summed E-state index contributed by atoms with van der Waals surface area (Å²) in [5.41, 5.74) is 1.43. The van der Waals surface area contributed by atoms with E-state index in [0.717, 1.165) is 5.70 Å². The molecule has 1 atom stereocenters. The van der Waals surface area contributed by atoms with E-state index in [0.29, 0.717) is 15.6 Å². The number of rotatable bonds is 5. The molecule has 10 heteroatoms. The number of carbonyl (C=O) groups is 2. The summed E-state index contributed by atoms with van der Waals surface area (Å²) in [5, 5.41) is 6.95. The van der Waals surface area contributed by atoms with Gasteiger partial charge in [0.25, 0.3) is 0 Å². The van der Waals surface area contributed by atoms with Crippen LogP contribution in [0.1, 0.15) is 20.8 Å². The van der Waals surface area contributed by atoms with E-state index >= 15 is 0 Å². The molecule has 7 nitrogen and oxygen atoms in total. The number of halogens is 1. The Kier molecular flexibility index (Phi) is 6.16. The van der Waals surface area contributed by atoms with Crippen LogP contribution in [0.4, 0.5) is 5.69 Å². The maximum atomic E-state index is 12.5. The van der Waals surface area contributed by atoms with Gasteiger partial charge in [0.1, 0.15) is 4.91 Å². The minimum atomic E-state index is -0.904. The number of thioether (sulfide) groups is 2. The molecule has 0 N–H and O–H groups in total. The van der Waals surface area contributed by atoms with Crippen LogP contribution in [0.5, 0.6) is 0 Å². The van der Waals surface area contributed by atoms with Gasteiger partial charge in [-0.25, -0.2) is 14.6 Å². The molecule has 28 heavy (non-hydrogen) atoms. The maximum absolute atomic E-state index is 12.5. The van der Waals surface area contributed by atoms with Crippen LogP contribution in [0.25, 0.3) is 0 Å². The standard InChI is InChI=1S/C18H20ClN3O4S2/c1-5-25-16(23)14-11(3)21(4)18(27-14)22(13-9-7-8-12(19)10-13)20-15(28-18)17(24)26-6-2/h7-10H,5-6H2,1-4H3/t18-/m1/s1. The lowest BCUT2D eigenvalue weighted by Gasteiger charge is -2.39. The Hall–Kier alpha value is -1.84. The van der Waals surface area contributed by atoms with Crippen LogP contribution in [0.15, 0.2) is 40.0 Å². The van der Waals surface area contributed by atoms with Gasteiger partial charge < -0.3 is 14.4 Å². The number of hydrazone groups is 1. The summed E-state index contributed by atoms with van der Waals surface area (Å²) in [7, 11) is 1.85. The first-order chi connectivity index (χ1) is 13.3. The predicted octanol–water partition coefficient (Wildman–Crippen LogP) is 3.85. The molecule has 0 saturated carbocycles. The van der Waals surface area contributed by atoms with Crippen LogP contribution in [-0.2, 0) is 19.1 Å². The smallest absolute Gasteiger partial charge is 0.365 e. The lowest BCUT2D eigenvalue weighted by Crippen LogP contribution is -2.47. The molecule has 0 fully saturated rings. The molecule has 3 rings (SSSR count). The molecule has 0 amide bonds. The first-order valence-corrected chi connectivity index (χ1v) is 10.7. The van der Waals surface area contributed by atoms with Crippen molar-refractivity contribution in [2.75, 3.05) is 25.3 Å². The van der Waals surface area contributed by atoms with Gasteiger partial charge in [0, 0.05) is 17.8 Å². The zero-order valence-electron chi connectivity index (χ0n) is 15.9. The van der Waals surface area contributed by atoms with Gasteiger partial charge in [-0.15, -0.1) is 0 Å². The zero-order valence-corrected chi connectivity index (χ0v) is 18.3. The third kappa shape index (κ3) is 3.58.